The van der Waals surface area contributed by atoms with Crippen molar-refractivity contribution in [2.75, 3.05) is 11.5 Å². The molecule has 156 valence electrons. The summed E-state index contributed by atoms with van der Waals surface area (Å²) in [6.07, 6.45) is 17.0. The second kappa shape index (κ2) is 17.9. The number of nitrogens with zero attached hydrogens (tertiary/aromatic N) is 1. The summed E-state index contributed by atoms with van der Waals surface area (Å²) < 4.78 is 11.4. The lowest BCUT2D eigenvalue weighted by Crippen LogP contribution is -2.11. The predicted molar refractivity (Wildman–Crippen MR) is 111 cm³/mol. The molecule has 0 radical (unpaired) electrons. The molecule has 0 rings (SSSR count). The lowest BCUT2D eigenvalue weighted by Gasteiger charge is -2.02. The van der Waals surface area contributed by atoms with E-state index in [1.165, 1.54) is 19.3 Å². The maximum absolute atomic E-state index is 11.4. The molecule has 0 saturated carbocycles. The SMILES string of the molecule is CCCCC/C=C/C/C=C(/CCCCCCCCS(=O)CC(=O)O)[N+](=O)[O-]. The van der Waals surface area contributed by atoms with Crippen LogP contribution in [0.25, 0.3) is 0 Å². The number of allylic oxidation sites excluding steroid dienone is 4. The molecule has 0 bridgehead atoms. The zero-order valence-electron chi connectivity index (χ0n) is 16.6. The molecule has 0 amide bonds. The summed E-state index contributed by atoms with van der Waals surface area (Å²) in [6.45, 7) is 2.17. The standard InChI is InChI=1S/C20H35NO5S/c1-2-3-4-5-6-9-12-15-19(21(24)25)16-13-10-7-8-11-14-17-27(26)18-20(22)23/h6,9,15H,2-5,7-8,10-14,16-18H2,1H3,(H,22,23)/b9-6+,19-15-. The molecule has 6 nitrogen and oxygen atoms in total. The van der Waals surface area contributed by atoms with E-state index in [1.54, 1.807) is 6.08 Å². The van der Waals surface area contributed by atoms with Gasteiger partial charge in [0, 0.05) is 23.0 Å². The largest absolute Gasteiger partial charge is 0.481 e. The Morgan fingerprint density at radius 2 is 1.70 bits per heavy atom. The van der Waals surface area contributed by atoms with E-state index < -0.39 is 16.8 Å². The van der Waals surface area contributed by atoms with E-state index in [0.29, 0.717) is 24.3 Å². The highest BCUT2D eigenvalue weighted by atomic mass is 32.2. The number of carboxylic acid groups (broad SMARTS) is 1. The summed E-state index contributed by atoms with van der Waals surface area (Å²) in [4.78, 5) is 21.2. The van der Waals surface area contributed by atoms with Crippen molar-refractivity contribution < 1.29 is 19.0 Å². The predicted octanol–water partition coefficient (Wildman–Crippen LogP) is 5.24. The van der Waals surface area contributed by atoms with Gasteiger partial charge >= 0.3 is 5.97 Å². The van der Waals surface area contributed by atoms with Crippen LogP contribution in [0.5, 0.6) is 0 Å². The van der Waals surface area contributed by atoms with Gasteiger partial charge in [-0.1, -0.05) is 57.6 Å². The fraction of sp³-hybridized carbons (Fsp3) is 0.750. The van der Waals surface area contributed by atoms with Gasteiger partial charge in [0.15, 0.2) is 0 Å². The van der Waals surface area contributed by atoms with Crippen molar-refractivity contribution in [2.24, 2.45) is 0 Å². The topological polar surface area (TPSA) is 97.5 Å². The third-order valence-electron chi connectivity index (χ3n) is 4.20. The molecular weight excluding hydrogens is 366 g/mol. The number of unbranched alkanes of at least 4 members (excludes halogenated alkanes) is 8. The Labute approximate surface area is 165 Å². The minimum atomic E-state index is -1.27. The Kier molecular flexibility index (Phi) is 16.9. The van der Waals surface area contributed by atoms with Gasteiger partial charge < -0.3 is 5.11 Å². The number of carbonyl (C=O) groups is 1. The Bertz CT molecular complexity index is 503. The summed E-state index contributed by atoms with van der Waals surface area (Å²) in [7, 11) is -1.27. The lowest BCUT2D eigenvalue weighted by atomic mass is 10.1. The first-order chi connectivity index (χ1) is 13.0. The average molecular weight is 402 g/mol. The summed E-state index contributed by atoms with van der Waals surface area (Å²) in [5.41, 5.74) is 0.303. The molecule has 0 aromatic carbocycles. The van der Waals surface area contributed by atoms with Crippen molar-refractivity contribution in [2.45, 2.75) is 84.0 Å². The van der Waals surface area contributed by atoms with Crippen LogP contribution in [-0.2, 0) is 15.6 Å². The number of rotatable bonds is 18. The van der Waals surface area contributed by atoms with Gasteiger partial charge in [0.05, 0.1) is 4.92 Å². The summed E-state index contributed by atoms with van der Waals surface area (Å²) >= 11 is 0. The zero-order chi connectivity index (χ0) is 20.3. The molecule has 1 unspecified atom stereocenters. The first kappa shape index (κ1) is 25.5. The van der Waals surface area contributed by atoms with Crippen LogP contribution in [0.1, 0.15) is 84.0 Å². The average Bonchev–Trinajstić information content (AvgIpc) is 2.60. The van der Waals surface area contributed by atoms with Crippen molar-refractivity contribution in [3.63, 3.8) is 0 Å². The smallest absolute Gasteiger partial charge is 0.316 e. The van der Waals surface area contributed by atoms with Crippen LogP contribution in [0, 0.1) is 10.1 Å². The lowest BCUT2D eigenvalue weighted by molar-refractivity contribution is -0.428. The van der Waals surface area contributed by atoms with Gasteiger partial charge in [-0.2, -0.15) is 0 Å². The Balaban J connectivity index is 3.78. The molecule has 1 atom stereocenters. The number of hydrogen-bond donors (Lipinski definition) is 1. The maximum atomic E-state index is 11.4. The van der Waals surface area contributed by atoms with Gasteiger partial charge in [-0.15, -0.1) is 0 Å². The second-order valence-electron chi connectivity index (χ2n) is 6.71. The van der Waals surface area contributed by atoms with Gasteiger partial charge in [0.1, 0.15) is 5.75 Å². The number of carboxylic acids is 1. The van der Waals surface area contributed by atoms with E-state index in [1.807, 2.05) is 6.08 Å². The molecule has 0 aliphatic heterocycles. The van der Waals surface area contributed by atoms with E-state index in [2.05, 4.69) is 13.0 Å². The van der Waals surface area contributed by atoms with Crippen LogP contribution < -0.4 is 0 Å². The van der Waals surface area contributed by atoms with Crippen LogP contribution in [0.4, 0.5) is 0 Å². The number of hydrogen-bond acceptors (Lipinski definition) is 4. The van der Waals surface area contributed by atoms with E-state index in [0.717, 1.165) is 44.9 Å². The summed E-state index contributed by atoms with van der Waals surface area (Å²) in [5, 5.41) is 19.6. The Hall–Kier alpha value is -1.50. The quantitative estimate of drug-likeness (QED) is 0.147. The van der Waals surface area contributed by atoms with E-state index in [9.17, 15) is 19.1 Å². The normalized spacial score (nSPS) is 13.1. The van der Waals surface area contributed by atoms with Crippen LogP contribution >= 0.6 is 0 Å². The monoisotopic (exact) mass is 401 g/mol. The fourth-order valence-electron chi connectivity index (χ4n) is 2.68. The van der Waals surface area contributed by atoms with E-state index in [4.69, 9.17) is 5.11 Å². The maximum Gasteiger partial charge on any atom is 0.316 e. The van der Waals surface area contributed by atoms with Crippen molar-refractivity contribution in [1.29, 1.82) is 0 Å². The van der Waals surface area contributed by atoms with Crippen LogP contribution in [0.2, 0.25) is 0 Å². The molecule has 0 aromatic heterocycles. The highest BCUT2D eigenvalue weighted by Crippen LogP contribution is 2.13. The van der Waals surface area contributed by atoms with Gasteiger partial charge in [-0.25, -0.2) is 0 Å². The molecule has 1 N–H and O–H groups in total. The molecule has 0 aromatic rings. The molecule has 0 heterocycles. The van der Waals surface area contributed by atoms with Gasteiger partial charge in [0.25, 0.3) is 0 Å². The Morgan fingerprint density at radius 3 is 2.33 bits per heavy atom. The molecule has 7 heteroatoms. The van der Waals surface area contributed by atoms with Crippen LogP contribution in [-0.4, -0.2) is 31.7 Å². The fourth-order valence-corrected chi connectivity index (χ4v) is 3.63. The first-order valence-electron chi connectivity index (χ1n) is 10.0. The van der Waals surface area contributed by atoms with Gasteiger partial charge in [-0.05, 0) is 38.2 Å². The van der Waals surface area contributed by atoms with Gasteiger partial charge in [0.2, 0.25) is 5.70 Å². The van der Waals surface area contributed by atoms with E-state index >= 15 is 0 Å². The molecule has 0 fully saturated rings. The third-order valence-corrected chi connectivity index (χ3v) is 5.52. The molecule has 27 heavy (non-hydrogen) atoms. The molecular formula is C20H35NO5S. The Morgan fingerprint density at radius 1 is 1.04 bits per heavy atom. The summed E-state index contributed by atoms with van der Waals surface area (Å²) in [6, 6.07) is 0. The second-order valence-corrected chi connectivity index (χ2v) is 8.29. The number of nitro groups is 1. The highest BCUT2D eigenvalue weighted by molar-refractivity contribution is 7.85. The van der Waals surface area contributed by atoms with Crippen molar-refractivity contribution in [3.8, 4) is 0 Å². The first-order valence-corrected chi connectivity index (χ1v) is 11.5. The number of aliphatic carboxylic acids is 1. The minimum Gasteiger partial charge on any atom is -0.481 e. The highest BCUT2D eigenvalue weighted by Gasteiger charge is 2.09. The van der Waals surface area contributed by atoms with Crippen molar-refractivity contribution in [3.05, 3.63) is 34.0 Å². The van der Waals surface area contributed by atoms with Crippen LogP contribution in [0.3, 0.4) is 0 Å². The van der Waals surface area contributed by atoms with Crippen molar-refractivity contribution in [1.82, 2.24) is 0 Å². The molecule has 0 aliphatic carbocycles. The molecule has 0 aliphatic rings. The minimum absolute atomic E-state index is 0.274. The summed E-state index contributed by atoms with van der Waals surface area (Å²) in [5.74, 6) is -0.855. The third kappa shape index (κ3) is 17.7. The molecule has 0 saturated heterocycles. The van der Waals surface area contributed by atoms with Gasteiger partial charge in [-0.3, -0.25) is 19.1 Å². The van der Waals surface area contributed by atoms with E-state index in [-0.39, 0.29) is 10.7 Å². The van der Waals surface area contributed by atoms with Crippen LogP contribution in [0.15, 0.2) is 23.9 Å². The molecule has 0 spiro atoms. The zero-order valence-corrected chi connectivity index (χ0v) is 17.4. The van der Waals surface area contributed by atoms with Crippen molar-refractivity contribution >= 4 is 16.8 Å².